The maximum absolute atomic E-state index is 9.75. The van der Waals surface area contributed by atoms with Crippen LogP contribution in [0, 0.1) is 5.92 Å². The van der Waals surface area contributed by atoms with Crippen molar-refractivity contribution >= 4 is 0 Å². The minimum atomic E-state index is -0.159. The van der Waals surface area contributed by atoms with Gasteiger partial charge in [-0.25, -0.2) is 0 Å². The highest BCUT2D eigenvalue weighted by molar-refractivity contribution is 5.38. The lowest BCUT2D eigenvalue weighted by molar-refractivity contribution is 0.135. The molecule has 0 bridgehead atoms. The molecular formula is C10H14O. The van der Waals surface area contributed by atoms with E-state index in [0.717, 1.165) is 12.8 Å². The van der Waals surface area contributed by atoms with Crippen molar-refractivity contribution in [1.29, 1.82) is 0 Å². The topological polar surface area (TPSA) is 20.2 Å². The number of hydrogen-bond acceptors (Lipinski definition) is 1. The van der Waals surface area contributed by atoms with Gasteiger partial charge in [0.15, 0.2) is 0 Å². The Labute approximate surface area is 67.4 Å². The van der Waals surface area contributed by atoms with Gasteiger partial charge in [-0.15, -0.1) is 0 Å². The van der Waals surface area contributed by atoms with E-state index in [1.165, 1.54) is 17.6 Å². The van der Waals surface area contributed by atoms with Crippen LogP contribution < -0.4 is 0 Å². The fourth-order valence-electron chi connectivity index (χ4n) is 2.01. The van der Waals surface area contributed by atoms with Gasteiger partial charge in [-0.3, -0.25) is 0 Å². The van der Waals surface area contributed by atoms with Crippen molar-refractivity contribution in [1.82, 2.24) is 0 Å². The summed E-state index contributed by atoms with van der Waals surface area (Å²) in [7, 11) is 0. The van der Waals surface area contributed by atoms with Crippen molar-refractivity contribution in [3.63, 3.8) is 0 Å². The van der Waals surface area contributed by atoms with E-state index in [0.29, 0.717) is 5.92 Å². The quantitative estimate of drug-likeness (QED) is 0.560. The summed E-state index contributed by atoms with van der Waals surface area (Å²) >= 11 is 0. The molecule has 0 spiro atoms. The van der Waals surface area contributed by atoms with Gasteiger partial charge in [-0.05, 0) is 36.3 Å². The Morgan fingerprint density at radius 3 is 3.18 bits per heavy atom. The molecule has 0 heterocycles. The van der Waals surface area contributed by atoms with Crippen LogP contribution in [0.3, 0.4) is 0 Å². The smallest absolute Gasteiger partial charge is 0.0784 e. The lowest BCUT2D eigenvalue weighted by Gasteiger charge is -2.26. The zero-order chi connectivity index (χ0) is 7.84. The highest BCUT2D eigenvalue weighted by Gasteiger charge is 2.26. The Kier molecular flexibility index (Phi) is 1.61. The molecule has 0 radical (unpaired) electrons. The van der Waals surface area contributed by atoms with Crippen LogP contribution in [0.25, 0.3) is 0 Å². The van der Waals surface area contributed by atoms with Crippen molar-refractivity contribution in [2.75, 3.05) is 0 Å². The standard InChI is InChI=1S/C10H14O/c1-7-5-6-8-3-2-4-9(8)10(7)11/h2-3,7,10-11H,4-6H2,1H3. The summed E-state index contributed by atoms with van der Waals surface area (Å²) in [6.45, 7) is 2.13. The van der Waals surface area contributed by atoms with Crippen LogP contribution in [0.4, 0.5) is 0 Å². The summed E-state index contributed by atoms with van der Waals surface area (Å²) < 4.78 is 0. The molecule has 0 aliphatic heterocycles. The van der Waals surface area contributed by atoms with E-state index < -0.39 is 0 Å². The van der Waals surface area contributed by atoms with Gasteiger partial charge in [-0.2, -0.15) is 0 Å². The fraction of sp³-hybridized carbons (Fsp3) is 0.600. The van der Waals surface area contributed by atoms with Gasteiger partial charge < -0.3 is 5.11 Å². The third-order valence-corrected chi connectivity index (χ3v) is 2.83. The maximum atomic E-state index is 9.75. The maximum Gasteiger partial charge on any atom is 0.0784 e. The molecule has 0 aromatic rings. The first kappa shape index (κ1) is 7.11. The largest absolute Gasteiger partial charge is 0.388 e. The first-order valence-electron chi connectivity index (χ1n) is 4.35. The summed E-state index contributed by atoms with van der Waals surface area (Å²) in [5, 5.41) is 9.75. The predicted molar refractivity (Wildman–Crippen MR) is 45.2 cm³/mol. The van der Waals surface area contributed by atoms with E-state index in [1.807, 2.05) is 0 Å². The first-order chi connectivity index (χ1) is 5.29. The van der Waals surface area contributed by atoms with Gasteiger partial charge in [0.1, 0.15) is 0 Å². The number of rotatable bonds is 0. The van der Waals surface area contributed by atoms with Crippen LogP contribution in [-0.4, -0.2) is 11.2 Å². The Hall–Kier alpha value is -0.560. The highest BCUT2D eigenvalue weighted by atomic mass is 16.3. The second-order valence-corrected chi connectivity index (χ2v) is 3.62. The van der Waals surface area contributed by atoms with Gasteiger partial charge in [0.05, 0.1) is 6.10 Å². The average Bonchev–Trinajstić information content (AvgIpc) is 2.45. The van der Waals surface area contributed by atoms with Crippen molar-refractivity contribution < 1.29 is 5.11 Å². The molecule has 2 atom stereocenters. The van der Waals surface area contributed by atoms with E-state index in [2.05, 4.69) is 19.1 Å². The summed E-state index contributed by atoms with van der Waals surface area (Å²) in [6.07, 6.45) is 7.47. The van der Waals surface area contributed by atoms with E-state index in [4.69, 9.17) is 0 Å². The molecule has 2 rings (SSSR count). The number of allylic oxidation sites excluding steroid dienone is 3. The zero-order valence-electron chi connectivity index (χ0n) is 6.88. The van der Waals surface area contributed by atoms with Crippen LogP contribution in [0.1, 0.15) is 26.2 Å². The summed E-state index contributed by atoms with van der Waals surface area (Å²) in [5.41, 5.74) is 2.68. The van der Waals surface area contributed by atoms with Gasteiger partial charge in [0.2, 0.25) is 0 Å². The number of aliphatic hydroxyl groups excluding tert-OH is 1. The average molecular weight is 150 g/mol. The third kappa shape index (κ3) is 1.04. The third-order valence-electron chi connectivity index (χ3n) is 2.83. The summed E-state index contributed by atoms with van der Waals surface area (Å²) in [4.78, 5) is 0. The minimum Gasteiger partial charge on any atom is -0.388 e. The Balaban J connectivity index is 2.27. The Morgan fingerprint density at radius 1 is 1.55 bits per heavy atom. The SMILES string of the molecule is CC1CCC2=C(CC=C2)C1O. The van der Waals surface area contributed by atoms with E-state index >= 15 is 0 Å². The van der Waals surface area contributed by atoms with Crippen LogP contribution in [0.2, 0.25) is 0 Å². The van der Waals surface area contributed by atoms with E-state index in [-0.39, 0.29) is 6.10 Å². The molecule has 0 aromatic heterocycles. The molecule has 2 unspecified atom stereocenters. The van der Waals surface area contributed by atoms with Crippen molar-refractivity contribution in [2.45, 2.75) is 32.3 Å². The van der Waals surface area contributed by atoms with Gasteiger partial charge in [-0.1, -0.05) is 19.1 Å². The zero-order valence-corrected chi connectivity index (χ0v) is 6.88. The molecule has 0 saturated carbocycles. The van der Waals surface area contributed by atoms with Crippen LogP contribution in [0.5, 0.6) is 0 Å². The van der Waals surface area contributed by atoms with E-state index in [1.54, 1.807) is 0 Å². The first-order valence-corrected chi connectivity index (χ1v) is 4.35. The lowest BCUT2D eigenvalue weighted by Crippen LogP contribution is -2.24. The van der Waals surface area contributed by atoms with Crippen LogP contribution in [0.15, 0.2) is 23.3 Å². The lowest BCUT2D eigenvalue weighted by atomic mass is 9.83. The molecule has 1 heteroatoms. The highest BCUT2D eigenvalue weighted by Crippen LogP contribution is 2.35. The molecule has 2 aliphatic carbocycles. The molecule has 0 saturated heterocycles. The molecule has 1 nitrogen and oxygen atoms in total. The number of aliphatic hydroxyl groups is 1. The summed E-state index contributed by atoms with van der Waals surface area (Å²) in [5.74, 6) is 0.466. The number of hydrogen-bond donors (Lipinski definition) is 1. The molecule has 0 fully saturated rings. The van der Waals surface area contributed by atoms with Gasteiger partial charge in [0, 0.05) is 0 Å². The van der Waals surface area contributed by atoms with Crippen molar-refractivity contribution in [3.05, 3.63) is 23.3 Å². The second kappa shape index (κ2) is 2.49. The molecule has 2 aliphatic rings. The fourth-order valence-corrected chi connectivity index (χ4v) is 2.01. The molecular weight excluding hydrogens is 136 g/mol. The van der Waals surface area contributed by atoms with Crippen molar-refractivity contribution in [2.24, 2.45) is 5.92 Å². The molecule has 1 N–H and O–H groups in total. The minimum absolute atomic E-state index is 0.159. The molecule has 60 valence electrons. The van der Waals surface area contributed by atoms with Gasteiger partial charge in [0.25, 0.3) is 0 Å². The normalized spacial score (nSPS) is 36.2. The van der Waals surface area contributed by atoms with Crippen molar-refractivity contribution in [3.8, 4) is 0 Å². The van der Waals surface area contributed by atoms with E-state index in [9.17, 15) is 5.11 Å². The molecule has 11 heavy (non-hydrogen) atoms. The summed E-state index contributed by atoms with van der Waals surface area (Å²) in [6, 6.07) is 0. The van der Waals surface area contributed by atoms with Crippen LogP contribution >= 0.6 is 0 Å². The van der Waals surface area contributed by atoms with Gasteiger partial charge >= 0.3 is 0 Å². The molecule has 0 aromatic carbocycles. The van der Waals surface area contributed by atoms with Crippen LogP contribution in [-0.2, 0) is 0 Å². The Morgan fingerprint density at radius 2 is 2.36 bits per heavy atom. The second-order valence-electron chi connectivity index (χ2n) is 3.62. The Bertz CT molecular complexity index is 225. The predicted octanol–water partition coefficient (Wildman–Crippen LogP) is 2.03. The monoisotopic (exact) mass is 150 g/mol. The molecule has 0 amide bonds.